The Kier molecular flexibility index (Phi) is 3.11. The number of H-pyrrole nitrogens is 1. The van der Waals surface area contributed by atoms with Crippen molar-refractivity contribution in [2.24, 2.45) is 0 Å². The summed E-state index contributed by atoms with van der Waals surface area (Å²) in [6, 6.07) is 0. The van der Waals surface area contributed by atoms with E-state index >= 15 is 0 Å². The summed E-state index contributed by atoms with van der Waals surface area (Å²) < 4.78 is 4.91. The average molecular weight is 197 g/mol. The molecule has 0 spiro atoms. The zero-order valence-electron chi connectivity index (χ0n) is 8.84. The van der Waals surface area contributed by atoms with Crippen LogP contribution in [0.1, 0.15) is 25.1 Å². The molecule has 0 aromatic carbocycles. The first kappa shape index (κ1) is 10.6. The second-order valence-electron chi connectivity index (χ2n) is 3.40. The van der Waals surface area contributed by atoms with Crippen LogP contribution >= 0.6 is 0 Å². The fourth-order valence-corrected chi connectivity index (χ4v) is 0.947. The third-order valence-electron chi connectivity index (χ3n) is 1.82. The van der Waals surface area contributed by atoms with E-state index in [1.807, 2.05) is 13.8 Å². The highest BCUT2D eigenvalue weighted by molar-refractivity contribution is 5.84. The molecule has 0 saturated carbocycles. The van der Waals surface area contributed by atoms with Crippen molar-refractivity contribution in [2.45, 2.75) is 33.8 Å². The van der Waals surface area contributed by atoms with Gasteiger partial charge in [-0.15, -0.1) is 0 Å². The lowest BCUT2D eigenvalue weighted by molar-refractivity contribution is 0.130. The molecule has 0 bridgehead atoms. The van der Waals surface area contributed by atoms with E-state index in [9.17, 15) is 4.79 Å². The van der Waals surface area contributed by atoms with Crippen molar-refractivity contribution in [3.8, 4) is 0 Å². The van der Waals surface area contributed by atoms with Crippen molar-refractivity contribution >= 4 is 11.9 Å². The van der Waals surface area contributed by atoms with E-state index < -0.39 is 6.09 Å². The van der Waals surface area contributed by atoms with E-state index in [4.69, 9.17) is 4.74 Å². The molecule has 1 rings (SSSR count). The van der Waals surface area contributed by atoms with Crippen LogP contribution in [0.2, 0.25) is 0 Å². The predicted octanol–water partition coefficient (Wildman–Crippen LogP) is 1.98. The van der Waals surface area contributed by atoms with Crippen LogP contribution in [-0.4, -0.2) is 22.4 Å². The van der Waals surface area contributed by atoms with Gasteiger partial charge in [0.2, 0.25) is 0 Å². The fourth-order valence-electron chi connectivity index (χ4n) is 0.947. The molecule has 14 heavy (non-hydrogen) atoms. The van der Waals surface area contributed by atoms with Crippen LogP contribution in [-0.2, 0) is 4.74 Å². The van der Waals surface area contributed by atoms with E-state index in [0.29, 0.717) is 5.82 Å². The highest BCUT2D eigenvalue weighted by Crippen LogP contribution is 2.13. The second kappa shape index (κ2) is 4.13. The number of aromatic amines is 1. The number of anilines is 1. The Morgan fingerprint density at radius 3 is 2.57 bits per heavy atom. The van der Waals surface area contributed by atoms with Gasteiger partial charge < -0.3 is 4.74 Å². The zero-order chi connectivity index (χ0) is 10.7. The summed E-state index contributed by atoms with van der Waals surface area (Å²) in [5.41, 5.74) is 1.86. The first-order valence-electron chi connectivity index (χ1n) is 4.50. The lowest BCUT2D eigenvalue weighted by Gasteiger charge is -2.07. The highest BCUT2D eigenvalue weighted by Gasteiger charge is 2.10. The van der Waals surface area contributed by atoms with E-state index in [2.05, 4.69) is 15.5 Å². The van der Waals surface area contributed by atoms with Crippen LogP contribution < -0.4 is 5.32 Å². The minimum absolute atomic E-state index is 0.129. The Morgan fingerprint density at radius 1 is 1.50 bits per heavy atom. The maximum atomic E-state index is 11.2. The van der Waals surface area contributed by atoms with Gasteiger partial charge in [0.05, 0.1) is 6.10 Å². The third kappa shape index (κ3) is 2.48. The molecule has 0 unspecified atom stereocenters. The normalized spacial score (nSPS) is 10.4. The van der Waals surface area contributed by atoms with E-state index in [-0.39, 0.29) is 6.10 Å². The minimum atomic E-state index is -0.477. The number of amides is 1. The summed E-state index contributed by atoms with van der Waals surface area (Å²) in [5.74, 6) is 0.521. The van der Waals surface area contributed by atoms with Gasteiger partial charge in [-0.05, 0) is 27.7 Å². The molecule has 5 nitrogen and oxygen atoms in total. The molecule has 1 aromatic rings. The van der Waals surface area contributed by atoms with Crippen molar-refractivity contribution in [3.63, 3.8) is 0 Å². The first-order valence-corrected chi connectivity index (χ1v) is 4.50. The molecular weight excluding hydrogens is 182 g/mol. The SMILES string of the molecule is Cc1[nH]nc(NC(=O)OC(C)C)c1C. The van der Waals surface area contributed by atoms with Gasteiger partial charge in [0.1, 0.15) is 0 Å². The molecular formula is C9H15N3O2. The number of hydrogen-bond donors (Lipinski definition) is 2. The average Bonchev–Trinajstić information content (AvgIpc) is 2.34. The van der Waals surface area contributed by atoms with Gasteiger partial charge in [0, 0.05) is 11.3 Å². The Balaban J connectivity index is 2.61. The molecule has 0 radical (unpaired) electrons. The number of rotatable bonds is 2. The van der Waals surface area contributed by atoms with Crippen LogP contribution in [0.5, 0.6) is 0 Å². The monoisotopic (exact) mass is 197 g/mol. The summed E-state index contributed by atoms with van der Waals surface area (Å²) in [6.07, 6.45) is -0.607. The zero-order valence-corrected chi connectivity index (χ0v) is 8.84. The lowest BCUT2D eigenvalue weighted by Crippen LogP contribution is -2.18. The van der Waals surface area contributed by atoms with Crippen molar-refractivity contribution in [1.29, 1.82) is 0 Å². The standard InChI is InChI=1S/C9H15N3O2/c1-5(2)14-9(13)10-8-6(3)7(4)11-12-8/h5H,1-4H3,(H2,10,11,12,13). The number of carbonyl (C=O) groups is 1. The van der Waals surface area contributed by atoms with Crippen molar-refractivity contribution in [1.82, 2.24) is 10.2 Å². The van der Waals surface area contributed by atoms with Crippen molar-refractivity contribution in [2.75, 3.05) is 5.32 Å². The summed E-state index contributed by atoms with van der Waals surface area (Å²) in [6.45, 7) is 7.36. The van der Waals surface area contributed by atoms with Gasteiger partial charge in [-0.2, -0.15) is 5.10 Å². The molecule has 0 aliphatic rings. The summed E-state index contributed by atoms with van der Waals surface area (Å²) in [4.78, 5) is 11.2. The minimum Gasteiger partial charge on any atom is -0.447 e. The quantitative estimate of drug-likeness (QED) is 0.761. The summed E-state index contributed by atoms with van der Waals surface area (Å²) >= 11 is 0. The predicted molar refractivity (Wildman–Crippen MR) is 53.3 cm³/mol. The largest absolute Gasteiger partial charge is 0.447 e. The molecule has 0 atom stereocenters. The Hall–Kier alpha value is -1.52. The van der Waals surface area contributed by atoms with Gasteiger partial charge in [-0.3, -0.25) is 10.4 Å². The van der Waals surface area contributed by atoms with Crippen LogP contribution in [0.3, 0.4) is 0 Å². The fraction of sp³-hybridized carbons (Fsp3) is 0.556. The van der Waals surface area contributed by atoms with Gasteiger partial charge in [0.25, 0.3) is 0 Å². The maximum Gasteiger partial charge on any atom is 0.413 e. The van der Waals surface area contributed by atoms with Crippen molar-refractivity contribution < 1.29 is 9.53 Å². The number of nitrogens with one attached hydrogen (secondary N) is 2. The van der Waals surface area contributed by atoms with Gasteiger partial charge in [0.15, 0.2) is 5.82 Å². The molecule has 1 heterocycles. The van der Waals surface area contributed by atoms with Crippen LogP contribution in [0.4, 0.5) is 10.6 Å². The van der Waals surface area contributed by atoms with E-state index in [1.165, 1.54) is 0 Å². The van der Waals surface area contributed by atoms with Gasteiger partial charge in [-0.25, -0.2) is 4.79 Å². The maximum absolute atomic E-state index is 11.2. The van der Waals surface area contributed by atoms with Crippen LogP contribution in [0.15, 0.2) is 0 Å². The lowest BCUT2D eigenvalue weighted by atomic mass is 10.3. The number of nitrogens with zero attached hydrogens (tertiary/aromatic N) is 1. The molecule has 1 aromatic heterocycles. The highest BCUT2D eigenvalue weighted by atomic mass is 16.6. The Bertz CT molecular complexity index is 331. The summed E-state index contributed by atoms with van der Waals surface area (Å²) in [7, 11) is 0. The Morgan fingerprint density at radius 2 is 2.14 bits per heavy atom. The molecule has 5 heteroatoms. The van der Waals surface area contributed by atoms with E-state index in [0.717, 1.165) is 11.3 Å². The summed E-state index contributed by atoms with van der Waals surface area (Å²) in [5, 5.41) is 9.26. The van der Waals surface area contributed by atoms with Crippen LogP contribution in [0.25, 0.3) is 0 Å². The topological polar surface area (TPSA) is 67.0 Å². The second-order valence-corrected chi connectivity index (χ2v) is 3.40. The van der Waals surface area contributed by atoms with E-state index in [1.54, 1.807) is 13.8 Å². The smallest absolute Gasteiger partial charge is 0.413 e. The number of aryl methyl sites for hydroxylation is 1. The number of ether oxygens (including phenoxy) is 1. The molecule has 0 saturated heterocycles. The van der Waals surface area contributed by atoms with Gasteiger partial charge in [-0.1, -0.05) is 0 Å². The Labute approximate surface area is 82.8 Å². The molecule has 0 fully saturated rings. The molecule has 2 N–H and O–H groups in total. The number of aromatic nitrogens is 2. The molecule has 0 aliphatic heterocycles. The molecule has 0 aliphatic carbocycles. The van der Waals surface area contributed by atoms with Crippen LogP contribution in [0, 0.1) is 13.8 Å². The molecule has 1 amide bonds. The number of hydrogen-bond acceptors (Lipinski definition) is 3. The number of carbonyl (C=O) groups excluding carboxylic acids is 1. The van der Waals surface area contributed by atoms with Gasteiger partial charge >= 0.3 is 6.09 Å². The third-order valence-corrected chi connectivity index (χ3v) is 1.82. The molecule has 78 valence electrons. The first-order chi connectivity index (χ1) is 6.50. The van der Waals surface area contributed by atoms with Crippen molar-refractivity contribution in [3.05, 3.63) is 11.3 Å².